The first-order chi connectivity index (χ1) is 6.56. The highest BCUT2D eigenvalue weighted by Gasteiger charge is 2.09. The standard InChI is InChI=1S/C10H14BrClN2/c1-2-3-9(13)6-4-7(11)10(14)8(12)5-6/h4-5,9H,2-3,13-14H2,1H3. The summed E-state index contributed by atoms with van der Waals surface area (Å²) in [6, 6.07) is 3.80. The summed E-state index contributed by atoms with van der Waals surface area (Å²) in [6.45, 7) is 2.10. The van der Waals surface area contributed by atoms with Gasteiger partial charge in [-0.2, -0.15) is 0 Å². The van der Waals surface area contributed by atoms with Crippen molar-refractivity contribution in [3.05, 3.63) is 27.2 Å². The van der Waals surface area contributed by atoms with Gasteiger partial charge in [0.25, 0.3) is 0 Å². The smallest absolute Gasteiger partial charge is 0.0650 e. The van der Waals surface area contributed by atoms with E-state index >= 15 is 0 Å². The molecule has 1 aromatic rings. The number of nitrogen functional groups attached to an aromatic ring is 1. The van der Waals surface area contributed by atoms with Gasteiger partial charge in [-0.05, 0) is 40.0 Å². The highest BCUT2D eigenvalue weighted by Crippen LogP contribution is 2.31. The molecule has 0 heterocycles. The lowest BCUT2D eigenvalue weighted by Crippen LogP contribution is -2.10. The molecule has 1 aromatic carbocycles. The van der Waals surface area contributed by atoms with Crippen molar-refractivity contribution in [2.75, 3.05) is 5.73 Å². The van der Waals surface area contributed by atoms with Crippen molar-refractivity contribution in [1.82, 2.24) is 0 Å². The maximum atomic E-state index is 5.97. The first-order valence-corrected chi connectivity index (χ1v) is 5.73. The Morgan fingerprint density at radius 2 is 2.14 bits per heavy atom. The van der Waals surface area contributed by atoms with Crippen LogP contribution < -0.4 is 11.5 Å². The van der Waals surface area contributed by atoms with Crippen molar-refractivity contribution >= 4 is 33.2 Å². The topological polar surface area (TPSA) is 52.0 Å². The molecular weight excluding hydrogens is 263 g/mol. The van der Waals surface area contributed by atoms with Crippen LogP contribution in [0.4, 0.5) is 5.69 Å². The van der Waals surface area contributed by atoms with Crippen LogP contribution in [0.1, 0.15) is 31.4 Å². The molecule has 0 aliphatic carbocycles. The van der Waals surface area contributed by atoms with Gasteiger partial charge in [0, 0.05) is 10.5 Å². The Bertz CT molecular complexity index is 305. The molecule has 0 saturated heterocycles. The van der Waals surface area contributed by atoms with Crippen LogP contribution in [0.15, 0.2) is 16.6 Å². The summed E-state index contributed by atoms with van der Waals surface area (Å²) in [5.41, 5.74) is 13.3. The highest BCUT2D eigenvalue weighted by molar-refractivity contribution is 9.10. The molecule has 1 rings (SSSR count). The molecule has 0 aromatic heterocycles. The molecule has 0 aliphatic heterocycles. The molecule has 0 bridgehead atoms. The summed E-state index contributed by atoms with van der Waals surface area (Å²) in [5, 5.41) is 0.556. The van der Waals surface area contributed by atoms with Crippen molar-refractivity contribution in [3.63, 3.8) is 0 Å². The second-order valence-corrected chi connectivity index (χ2v) is 4.55. The van der Waals surface area contributed by atoms with Crippen LogP contribution in [0.3, 0.4) is 0 Å². The van der Waals surface area contributed by atoms with Crippen LogP contribution in [-0.4, -0.2) is 0 Å². The largest absolute Gasteiger partial charge is 0.397 e. The van der Waals surface area contributed by atoms with Crippen LogP contribution in [0.25, 0.3) is 0 Å². The Labute approximate surface area is 97.7 Å². The van der Waals surface area contributed by atoms with Crippen molar-refractivity contribution in [3.8, 4) is 0 Å². The maximum Gasteiger partial charge on any atom is 0.0650 e. The van der Waals surface area contributed by atoms with E-state index in [1.54, 1.807) is 0 Å². The molecule has 14 heavy (non-hydrogen) atoms. The molecule has 0 aliphatic rings. The molecule has 0 saturated carbocycles. The summed E-state index contributed by atoms with van der Waals surface area (Å²) in [5.74, 6) is 0. The van der Waals surface area contributed by atoms with E-state index in [9.17, 15) is 0 Å². The van der Waals surface area contributed by atoms with E-state index in [1.165, 1.54) is 0 Å². The lowest BCUT2D eigenvalue weighted by Gasteiger charge is -2.13. The van der Waals surface area contributed by atoms with E-state index in [0.29, 0.717) is 10.7 Å². The fourth-order valence-corrected chi connectivity index (χ4v) is 2.12. The molecule has 4 N–H and O–H groups in total. The monoisotopic (exact) mass is 276 g/mol. The molecule has 0 fully saturated rings. The third-order valence-corrected chi connectivity index (χ3v) is 3.10. The molecule has 0 radical (unpaired) electrons. The lowest BCUT2D eigenvalue weighted by atomic mass is 10.0. The van der Waals surface area contributed by atoms with Crippen molar-refractivity contribution in [1.29, 1.82) is 0 Å². The number of hydrogen-bond donors (Lipinski definition) is 2. The average Bonchev–Trinajstić information content (AvgIpc) is 2.13. The van der Waals surface area contributed by atoms with E-state index in [1.807, 2.05) is 12.1 Å². The van der Waals surface area contributed by atoms with E-state index in [4.69, 9.17) is 23.1 Å². The molecule has 2 nitrogen and oxygen atoms in total. The number of nitrogens with two attached hydrogens (primary N) is 2. The number of anilines is 1. The molecule has 78 valence electrons. The van der Waals surface area contributed by atoms with Gasteiger partial charge in [-0.25, -0.2) is 0 Å². The van der Waals surface area contributed by atoms with Crippen LogP contribution in [0.5, 0.6) is 0 Å². The minimum Gasteiger partial charge on any atom is -0.397 e. The van der Waals surface area contributed by atoms with Crippen LogP contribution in [0.2, 0.25) is 5.02 Å². The number of benzene rings is 1. The first-order valence-electron chi connectivity index (χ1n) is 4.56. The highest BCUT2D eigenvalue weighted by atomic mass is 79.9. The van der Waals surface area contributed by atoms with Crippen LogP contribution in [-0.2, 0) is 0 Å². The van der Waals surface area contributed by atoms with Gasteiger partial charge in [0.2, 0.25) is 0 Å². The minimum atomic E-state index is 0.0365. The summed E-state index contributed by atoms with van der Waals surface area (Å²) in [7, 11) is 0. The zero-order valence-electron chi connectivity index (χ0n) is 8.06. The van der Waals surface area contributed by atoms with Gasteiger partial charge in [0.1, 0.15) is 0 Å². The molecule has 0 spiro atoms. The molecule has 1 unspecified atom stereocenters. The normalized spacial score (nSPS) is 12.9. The Hall–Kier alpha value is -0.250. The van der Waals surface area contributed by atoms with Crippen LogP contribution >= 0.6 is 27.5 Å². The second kappa shape index (κ2) is 5.01. The van der Waals surface area contributed by atoms with Gasteiger partial charge in [0.05, 0.1) is 10.7 Å². The van der Waals surface area contributed by atoms with Crippen molar-refractivity contribution in [2.24, 2.45) is 5.73 Å². The summed E-state index contributed by atoms with van der Waals surface area (Å²) < 4.78 is 0.812. The van der Waals surface area contributed by atoms with Gasteiger partial charge >= 0.3 is 0 Å². The third-order valence-electron chi connectivity index (χ3n) is 2.13. The number of hydrogen-bond acceptors (Lipinski definition) is 2. The molecular formula is C10H14BrClN2. The second-order valence-electron chi connectivity index (χ2n) is 3.29. The number of halogens is 2. The van der Waals surface area contributed by atoms with E-state index in [2.05, 4.69) is 22.9 Å². The average molecular weight is 278 g/mol. The van der Waals surface area contributed by atoms with Crippen molar-refractivity contribution < 1.29 is 0 Å². The first kappa shape index (κ1) is 11.8. The Balaban J connectivity index is 3.00. The fourth-order valence-electron chi connectivity index (χ4n) is 1.30. The summed E-state index contributed by atoms with van der Waals surface area (Å²) in [6.07, 6.45) is 2.01. The minimum absolute atomic E-state index is 0.0365. The lowest BCUT2D eigenvalue weighted by molar-refractivity contribution is 0.638. The quantitative estimate of drug-likeness (QED) is 0.831. The molecule has 0 amide bonds. The summed E-state index contributed by atoms with van der Waals surface area (Å²) in [4.78, 5) is 0. The van der Waals surface area contributed by atoms with Gasteiger partial charge in [-0.1, -0.05) is 24.9 Å². The van der Waals surface area contributed by atoms with E-state index < -0.39 is 0 Å². The maximum absolute atomic E-state index is 5.97. The van der Waals surface area contributed by atoms with Crippen LogP contribution in [0, 0.1) is 0 Å². The Kier molecular flexibility index (Phi) is 4.23. The Morgan fingerprint density at radius 3 is 2.64 bits per heavy atom. The van der Waals surface area contributed by atoms with E-state index in [-0.39, 0.29) is 6.04 Å². The summed E-state index contributed by atoms with van der Waals surface area (Å²) >= 11 is 9.30. The zero-order valence-corrected chi connectivity index (χ0v) is 10.4. The predicted octanol–water partition coefficient (Wildman–Crippen LogP) is 3.48. The van der Waals surface area contributed by atoms with Gasteiger partial charge in [0.15, 0.2) is 0 Å². The van der Waals surface area contributed by atoms with E-state index in [0.717, 1.165) is 22.9 Å². The molecule has 1 atom stereocenters. The SMILES string of the molecule is CCCC(N)c1cc(Cl)c(N)c(Br)c1. The van der Waals surface area contributed by atoms with Gasteiger partial charge in [-0.15, -0.1) is 0 Å². The zero-order chi connectivity index (χ0) is 10.7. The van der Waals surface area contributed by atoms with Gasteiger partial charge in [-0.3, -0.25) is 0 Å². The molecule has 4 heteroatoms. The van der Waals surface area contributed by atoms with Crippen molar-refractivity contribution in [2.45, 2.75) is 25.8 Å². The third kappa shape index (κ3) is 2.62. The predicted molar refractivity (Wildman–Crippen MR) is 65.4 cm³/mol. The number of rotatable bonds is 3. The Morgan fingerprint density at radius 1 is 1.50 bits per heavy atom. The fraction of sp³-hybridized carbons (Fsp3) is 0.400. The van der Waals surface area contributed by atoms with Gasteiger partial charge < -0.3 is 11.5 Å².